The molecule has 68 valence electrons. The van der Waals surface area contributed by atoms with E-state index in [9.17, 15) is 5.11 Å². The van der Waals surface area contributed by atoms with Crippen molar-refractivity contribution in [2.45, 2.75) is 44.4 Å². The molecule has 0 aromatic carbocycles. The van der Waals surface area contributed by atoms with Crippen LogP contribution in [0.15, 0.2) is 12.2 Å². The number of rotatable bonds is 0. The van der Waals surface area contributed by atoms with Crippen LogP contribution in [0.3, 0.4) is 0 Å². The molecule has 0 spiro atoms. The number of aliphatic hydroxyl groups is 1. The standard InChI is InChI=1S/C9H14O3/c1-9(2)11-7-4-3-6(10)5-8(7)12-9/h3-4,6-8,10H,5H2,1-2H3/t6-,7-,8+/m0/s1. The van der Waals surface area contributed by atoms with E-state index in [4.69, 9.17) is 9.47 Å². The minimum atomic E-state index is -0.496. The average Bonchev–Trinajstić information content (AvgIpc) is 2.21. The molecule has 1 aliphatic heterocycles. The van der Waals surface area contributed by atoms with E-state index in [0.29, 0.717) is 6.42 Å². The first-order valence-corrected chi connectivity index (χ1v) is 4.29. The van der Waals surface area contributed by atoms with Crippen LogP contribution in [0.1, 0.15) is 20.3 Å². The van der Waals surface area contributed by atoms with Crippen LogP contribution in [0, 0.1) is 0 Å². The Kier molecular flexibility index (Phi) is 1.75. The summed E-state index contributed by atoms with van der Waals surface area (Å²) < 4.78 is 11.2. The number of aliphatic hydroxyl groups excluding tert-OH is 1. The van der Waals surface area contributed by atoms with Crippen molar-refractivity contribution in [3.63, 3.8) is 0 Å². The van der Waals surface area contributed by atoms with Gasteiger partial charge in [-0.1, -0.05) is 12.2 Å². The predicted octanol–water partition coefficient (Wildman–Crippen LogP) is 0.827. The molecule has 1 aliphatic carbocycles. The Labute approximate surface area is 72.0 Å². The van der Waals surface area contributed by atoms with Crippen LogP contribution in [0.5, 0.6) is 0 Å². The monoisotopic (exact) mass is 170 g/mol. The van der Waals surface area contributed by atoms with Crippen LogP contribution >= 0.6 is 0 Å². The molecule has 1 N–H and O–H groups in total. The van der Waals surface area contributed by atoms with E-state index in [0.717, 1.165) is 0 Å². The third-order valence-electron chi connectivity index (χ3n) is 2.22. The molecule has 0 amide bonds. The minimum absolute atomic E-state index is 0.0278. The summed E-state index contributed by atoms with van der Waals surface area (Å²) in [4.78, 5) is 0. The molecule has 3 atom stereocenters. The highest BCUT2D eigenvalue weighted by molar-refractivity contribution is 5.06. The van der Waals surface area contributed by atoms with Gasteiger partial charge in [0.2, 0.25) is 0 Å². The second-order valence-electron chi connectivity index (χ2n) is 3.83. The molecule has 0 saturated carbocycles. The Bertz CT molecular complexity index is 210. The zero-order valence-corrected chi connectivity index (χ0v) is 7.36. The van der Waals surface area contributed by atoms with Gasteiger partial charge >= 0.3 is 0 Å². The summed E-state index contributed by atoms with van der Waals surface area (Å²) >= 11 is 0. The second-order valence-corrected chi connectivity index (χ2v) is 3.83. The van der Waals surface area contributed by atoms with Crippen molar-refractivity contribution in [3.8, 4) is 0 Å². The van der Waals surface area contributed by atoms with Crippen LogP contribution in [-0.2, 0) is 9.47 Å². The highest BCUT2D eigenvalue weighted by atomic mass is 16.7. The van der Waals surface area contributed by atoms with E-state index in [1.165, 1.54) is 0 Å². The summed E-state index contributed by atoms with van der Waals surface area (Å²) in [6.45, 7) is 3.79. The first-order valence-electron chi connectivity index (χ1n) is 4.29. The van der Waals surface area contributed by atoms with Gasteiger partial charge < -0.3 is 14.6 Å². The van der Waals surface area contributed by atoms with Gasteiger partial charge in [0.25, 0.3) is 0 Å². The van der Waals surface area contributed by atoms with Crippen LogP contribution < -0.4 is 0 Å². The number of ether oxygens (including phenoxy) is 2. The lowest BCUT2D eigenvalue weighted by atomic mass is 10.00. The van der Waals surface area contributed by atoms with E-state index in [-0.39, 0.29) is 18.3 Å². The van der Waals surface area contributed by atoms with Crippen LogP contribution in [0.25, 0.3) is 0 Å². The quantitative estimate of drug-likeness (QED) is 0.547. The molecule has 2 rings (SSSR count). The second kappa shape index (κ2) is 2.55. The first-order chi connectivity index (χ1) is 5.57. The van der Waals surface area contributed by atoms with Gasteiger partial charge in [0, 0.05) is 6.42 Å². The van der Waals surface area contributed by atoms with E-state index in [1.807, 2.05) is 19.9 Å². The fourth-order valence-corrected chi connectivity index (χ4v) is 1.76. The topological polar surface area (TPSA) is 38.7 Å². The van der Waals surface area contributed by atoms with E-state index < -0.39 is 5.79 Å². The Morgan fingerprint density at radius 2 is 2.08 bits per heavy atom. The van der Waals surface area contributed by atoms with Gasteiger partial charge in [-0.2, -0.15) is 0 Å². The Hall–Kier alpha value is -0.380. The van der Waals surface area contributed by atoms with Gasteiger partial charge in [-0.25, -0.2) is 0 Å². The molecular weight excluding hydrogens is 156 g/mol. The molecule has 0 radical (unpaired) electrons. The zero-order chi connectivity index (χ0) is 8.77. The maximum atomic E-state index is 9.30. The van der Waals surface area contributed by atoms with Gasteiger partial charge in [-0.15, -0.1) is 0 Å². The van der Waals surface area contributed by atoms with Gasteiger partial charge in [-0.3, -0.25) is 0 Å². The summed E-state index contributed by atoms with van der Waals surface area (Å²) in [5.74, 6) is -0.496. The molecule has 0 aromatic heterocycles. The number of fused-ring (bicyclic) bond motifs is 1. The third-order valence-corrected chi connectivity index (χ3v) is 2.22. The molecule has 0 aromatic rings. The summed E-state index contributed by atoms with van der Waals surface area (Å²) in [6, 6.07) is 0. The van der Waals surface area contributed by atoms with Crippen molar-refractivity contribution < 1.29 is 14.6 Å². The lowest BCUT2D eigenvalue weighted by molar-refractivity contribution is -0.144. The lowest BCUT2D eigenvalue weighted by Gasteiger charge is -2.20. The van der Waals surface area contributed by atoms with Crippen molar-refractivity contribution in [2.24, 2.45) is 0 Å². The normalized spacial score (nSPS) is 44.4. The Balaban J connectivity index is 2.12. The zero-order valence-electron chi connectivity index (χ0n) is 7.36. The van der Waals surface area contributed by atoms with Crippen LogP contribution in [0.4, 0.5) is 0 Å². The van der Waals surface area contributed by atoms with E-state index in [2.05, 4.69) is 0 Å². The molecular formula is C9H14O3. The van der Waals surface area contributed by atoms with Crippen molar-refractivity contribution in [2.75, 3.05) is 0 Å². The van der Waals surface area contributed by atoms with Crippen molar-refractivity contribution >= 4 is 0 Å². The van der Waals surface area contributed by atoms with Crippen molar-refractivity contribution in [1.82, 2.24) is 0 Å². The molecule has 12 heavy (non-hydrogen) atoms. The fourth-order valence-electron chi connectivity index (χ4n) is 1.76. The SMILES string of the molecule is CC1(C)O[C@H]2C=C[C@H](O)C[C@H]2O1. The molecule has 1 fully saturated rings. The van der Waals surface area contributed by atoms with Gasteiger partial charge in [0.05, 0.1) is 12.2 Å². The van der Waals surface area contributed by atoms with Crippen molar-refractivity contribution in [1.29, 1.82) is 0 Å². The summed E-state index contributed by atoms with van der Waals surface area (Å²) in [7, 11) is 0. The minimum Gasteiger partial charge on any atom is -0.389 e. The highest BCUT2D eigenvalue weighted by Crippen LogP contribution is 2.33. The maximum Gasteiger partial charge on any atom is 0.164 e. The third kappa shape index (κ3) is 1.40. The van der Waals surface area contributed by atoms with Crippen molar-refractivity contribution in [3.05, 3.63) is 12.2 Å². The highest BCUT2D eigenvalue weighted by Gasteiger charge is 2.41. The van der Waals surface area contributed by atoms with Gasteiger partial charge in [0.15, 0.2) is 5.79 Å². The first kappa shape index (κ1) is 8.23. The molecule has 3 nitrogen and oxygen atoms in total. The predicted molar refractivity (Wildman–Crippen MR) is 43.6 cm³/mol. The number of hydrogen-bond donors (Lipinski definition) is 1. The van der Waals surface area contributed by atoms with Crippen LogP contribution in [0.2, 0.25) is 0 Å². The average molecular weight is 170 g/mol. The van der Waals surface area contributed by atoms with Gasteiger partial charge in [-0.05, 0) is 13.8 Å². The smallest absolute Gasteiger partial charge is 0.164 e. The molecule has 3 heteroatoms. The maximum absolute atomic E-state index is 9.30. The largest absolute Gasteiger partial charge is 0.389 e. The summed E-state index contributed by atoms with van der Waals surface area (Å²) in [5, 5.41) is 9.30. The summed E-state index contributed by atoms with van der Waals surface area (Å²) in [6.07, 6.45) is 3.98. The molecule has 0 bridgehead atoms. The van der Waals surface area contributed by atoms with E-state index in [1.54, 1.807) is 6.08 Å². The van der Waals surface area contributed by atoms with Crippen LogP contribution in [-0.4, -0.2) is 29.2 Å². The Morgan fingerprint density at radius 1 is 1.33 bits per heavy atom. The summed E-state index contributed by atoms with van der Waals surface area (Å²) in [5.41, 5.74) is 0. The molecule has 1 saturated heterocycles. The molecule has 2 aliphatic rings. The fraction of sp³-hybridized carbons (Fsp3) is 0.778. The molecule has 1 heterocycles. The number of hydrogen-bond acceptors (Lipinski definition) is 3. The molecule has 0 unspecified atom stereocenters. The lowest BCUT2D eigenvalue weighted by Crippen LogP contribution is -2.29. The van der Waals surface area contributed by atoms with E-state index >= 15 is 0 Å². The Morgan fingerprint density at radius 3 is 2.83 bits per heavy atom. The van der Waals surface area contributed by atoms with Gasteiger partial charge in [0.1, 0.15) is 6.10 Å².